The molecule has 1 aromatic carbocycles. The number of nitrogens with zero attached hydrogens (tertiary/aromatic N) is 2. The van der Waals surface area contributed by atoms with E-state index >= 15 is 0 Å². The molecule has 0 N–H and O–H groups in total. The zero-order valence-electron chi connectivity index (χ0n) is 16.7. The third-order valence-electron chi connectivity index (χ3n) is 4.80. The van der Waals surface area contributed by atoms with Crippen molar-refractivity contribution < 1.29 is 19.1 Å². The van der Waals surface area contributed by atoms with Crippen molar-refractivity contribution >= 4 is 17.3 Å². The first-order chi connectivity index (χ1) is 14.6. The Morgan fingerprint density at radius 2 is 1.80 bits per heavy atom. The van der Waals surface area contributed by atoms with Gasteiger partial charge in [0.1, 0.15) is 5.75 Å². The average molecular weight is 400 g/mol. The van der Waals surface area contributed by atoms with Crippen LogP contribution < -0.4 is 4.74 Å². The minimum Gasteiger partial charge on any atom is -0.497 e. The third kappa shape index (κ3) is 3.43. The van der Waals surface area contributed by atoms with Crippen LogP contribution in [-0.4, -0.2) is 34.9 Å². The number of hydrogen-bond acceptors (Lipinski definition) is 5. The molecule has 3 heterocycles. The number of carbonyl (C=O) groups excluding carboxylic acids is 2. The third-order valence-corrected chi connectivity index (χ3v) is 4.80. The van der Waals surface area contributed by atoms with Gasteiger partial charge in [0.2, 0.25) is 5.78 Å². The summed E-state index contributed by atoms with van der Waals surface area (Å²) < 4.78 is 12.2. The van der Waals surface area contributed by atoms with Crippen LogP contribution in [-0.2, 0) is 4.74 Å². The fraction of sp³-hybridized carbons (Fsp3) is 0.125. The number of pyridine rings is 2. The SMILES string of the molecule is CCOC(=O)c1cc(C(=O)c2ccc(OC)cc2)n2c(-c3ccccn3)cccc12. The molecule has 0 aliphatic rings. The van der Waals surface area contributed by atoms with E-state index in [1.165, 1.54) is 0 Å². The summed E-state index contributed by atoms with van der Waals surface area (Å²) in [5, 5.41) is 0. The van der Waals surface area contributed by atoms with Crippen LogP contribution in [0, 0.1) is 0 Å². The number of esters is 1. The molecule has 0 bridgehead atoms. The van der Waals surface area contributed by atoms with Crippen molar-refractivity contribution in [1.29, 1.82) is 0 Å². The Bertz CT molecular complexity index is 1210. The van der Waals surface area contributed by atoms with Crippen LogP contribution >= 0.6 is 0 Å². The molecule has 0 fully saturated rings. The number of ketones is 1. The molecule has 6 nitrogen and oxygen atoms in total. The van der Waals surface area contributed by atoms with Gasteiger partial charge >= 0.3 is 5.97 Å². The Morgan fingerprint density at radius 1 is 1.00 bits per heavy atom. The van der Waals surface area contributed by atoms with Gasteiger partial charge in [-0.15, -0.1) is 0 Å². The fourth-order valence-electron chi connectivity index (χ4n) is 3.40. The molecule has 0 aliphatic heterocycles. The minimum absolute atomic E-state index is 0.216. The Morgan fingerprint density at radius 3 is 2.47 bits per heavy atom. The Labute approximate surface area is 173 Å². The fourth-order valence-corrected chi connectivity index (χ4v) is 3.40. The molecule has 4 aromatic rings. The molecule has 0 radical (unpaired) electrons. The van der Waals surface area contributed by atoms with Gasteiger partial charge in [-0.2, -0.15) is 0 Å². The number of fused-ring (bicyclic) bond motifs is 1. The average Bonchev–Trinajstić information content (AvgIpc) is 3.19. The highest BCUT2D eigenvalue weighted by Crippen LogP contribution is 2.27. The molecule has 0 spiro atoms. The molecule has 0 aliphatic carbocycles. The van der Waals surface area contributed by atoms with Crippen molar-refractivity contribution in [3.05, 3.63) is 89.7 Å². The van der Waals surface area contributed by atoms with Crippen LogP contribution in [0.15, 0.2) is 72.9 Å². The summed E-state index contributed by atoms with van der Waals surface area (Å²) in [4.78, 5) is 30.4. The first-order valence-corrected chi connectivity index (χ1v) is 9.55. The highest BCUT2D eigenvalue weighted by Gasteiger charge is 2.23. The highest BCUT2D eigenvalue weighted by molar-refractivity contribution is 6.11. The number of aromatic nitrogens is 2. The number of methoxy groups -OCH3 is 1. The quantitative estimate of drug-likeness (QED) is 0.354. The predicted octanol–water partition coefficient (Wildman–Crippen LogP) is 4.42. The van der Waals surface area contributed by atoms with Crippen LogP contribution in [0.25, 0.3) is 16.9 Å². The zero-order valence-corrected chi connectivity index (χ0v) is 16.7. The Balaban J connectivity index is 1.95. The van der Waals surface area contributed by atoms with Gasteiger partial charge in [0.05, 0.1) is 41.9 Å². The first kappa shape index (κ1) is 19.4. The largest absolute Gasteiger partial charge is 0.497 e. The summed E-state index contributed by atoms with van der Waals surface area (Å²) in [7, 11) is 1.57. The molecule has 0 saturated heterocycles. The standard InChI is InChI=1S/C24H20N2O4/c1-3-30-24(28)18-15-22(23(27)16-10-12-17(29-2)13-11-16)26-20(18)8-6-9-21(26)19-7-4-5-14-25-19/h4-15H,3H2,1-2H3. The van der Waals surface area contributed by atoms with Gasteiger partial charge in [0.15, 0.2) is 0 Å². The molecule has 0 unspecified atom stereocenters. The maximum Gasteiger partial charge on any atom is 0.340 e. The van der Waals surface area contributed by atoms with Crippen molar-refractivity contribution in [2.45, 2.75) is 6.92 Å². The van der Waals surface area contributed by atoms with Gasteiger partial charge in [-0.3, -0.25) is 9.78 Å². The molecule has 4 rings (SSSR count). The molecule has 30 heavy (non-hydrogen) atoms. The normalized spacial score (nSPS) is 10.7. The van der Waals surface area contributed by atoms with Crippen molar-refractivity contribution in [3.63, 3.8) is 0 Å². The summed E-state index contributed by atoms with van der Waals surface area (Å²) in [5.74, 6) is -0.0264. The van der Waals surface area contributed by atoms with Crippen molar-refractivity contribution in [2.75, 3.05) is 13.7 Å². The Kier molecular flexibility index (Phi) is 5.30. The molecular formula is C24H20N2O4. The van der Waals surface area contributed by atoms with E-state index in [0.717, 1.165) is 0 Å². The number of carbonyl (C=O) groups is 2. The lowest BCUT2D eigenvalue weighted by atomic mass is 10.1. The van der Waals surface area contributed by atoms with Crippen LogP contribution in [0.1, 0.15) is 33.3 Å². The van der Waals surface area contributed by atoms with Crippen molar-refractivity contribution in [3.8, 4) is 17.1 Å². The molecule has 0 saturated carbocycles. The zero-order chi connectivity index (χ0) is 21.1. The van der Waals surface area contributed by atoms with Gasteiger partial charge < -0.3 is 13.9 Å². The summed E-state index contributed by atoms with van der Waals surface area (Å²) in [6.07, 6.45) is 1.69. The summed E-state index contributed by atoms with van der Waals surface area (Å²) >= 11 is 0. The number of ether oxygens (including phenoxy) is 2. The van der Waals surface area contributed by atoms with Gasteiger partial charge in [0.25, 0.3) is 0 Å². The number of benzene rings is 1. The lowest BCUT2D eigenvalue weighted by Gasteiger charge is -2.10. The van der Waals surface area contributed by atoms with E-state index in [1.807, 2.05) is 30.3 Å². The highest BCUT2D eigenvalue weighted by atomic mass is 16.5. The maximum absolute atomic E-state index is 13.4. The molecule has 0 atom stereocenters. The van der Waals surface area contributed by atoms with Crippen LogP contribution in [0.2, 0.25) is 0 Å². The van der Waals surface area contributed by atoms with E-state index in [2.05, 4.69) is 4.98 Å². The second-order valence-corrected chi connectivity index (χ2v) is 6.57. The van der Waals surface area contributed by atoms with E-state index in [-0.39, 0.29) is 12.4 Å². The van der Waals surface area contributed by atoms with Crippen molar-refractivity contribution in [2.24, 2.45) is 0 Å². The number of rotatable bonds is 6. The summed E-state index contributed by atoms with van der Waals surface area (Å²) in [5.41, 5.74) is 3.18. The van der Waals surface area contributed by atoms with E-state index in [9.17, 15) is 9.59 Å². The predicted molar refractivity (Wildman–Crippen MR) is 113 cm³/mol. The van der Waals surface area contributed by atoms with E-state index in [0.29, 0.717) is 39.5 Å². The number of hydrogen-bond donors (Lipinski definition) is 0. The lowest BCUT2D eigenvalue weighted by molar-refractivity contribution is 0.0529. The van der Waals surface area contributed by atoms with Crippen molar-refractivity contribution in [1.82, 2.24) is 9.38 Å². The van der Waals surface area contributed by atoms with E-state index in [4.69, 9.17) is 9.47 Å². The van der Waals surface area contributed by atoms with Gasteiger partial charge in [-0.25, -0.2) is 4.79 Å². The molecule has 150 valence electrons. The van der Waals surface area contributed by atoms with Gasteiger partial charge in [0, 0.05) is 11.8 Å². The lowest BCUT2D eigenvalue weighted by Crippen LogP contribution is -2.07. The smallest absolute Gasteiger partial charge is 0.340 e. The monoisotopic (exact) mass is 400 g/mol. The van der Waals surface area contributed by atoms with Crippen LogP contribution in [0.4, 0.5) is 0 Å². The maximum atomic E-state index is 13.4. The first-order valence-electron chi connectivity index (χ1n) is 9.55. The Hall–Kier alpha value is -3.93. The van der Waals surface area contributed by atoms with E-state index < -0.39 is 5.97 Å². The molecule has 6 heteroatoms. The van der Waals surface area contributed by atoms with Gasteiger partial charge in [-0.05, 0) is 61.5 Å². The van der Waals surface area contributed by atoms with Gasteiger partial charge in [-0.1, -0.05) is 12.1 Å². The van der Waals surface area contributed by atoms with Crippen LogP contribution in [0.5, 0.6) is 5.75 Å². The molecular weight excluding hydrogens is 380 g/mol. The van der Waals surface area contributed by atoms with Crippen LogP contribution in [0.3, 0.4) is 0 Å². The molecule has 0 amide bonds. The topological polar surface area (TPSA) is 69.9 Å². The molecule has 3 aromatic heterocycles. The minimum atomic E-state index is -0.470. The van der Waals surface area contributed by atoms with E-state index in [1.54, 1.807) is 61.0 Å². The second-order valence-electron chi connectivity index (χ2n) is 6.57. The summed E-state index contributed by atoms with van der Waals surface area (Å²) in [6.45, 7) is 2.00. The second kappa shape index (κ2) is 8.21. The summed E-state index contributed by atoms with van der Waals surface area (Å²) in [6, 6.07) is 19.5.